The van der Waals surface area contributed by atoms with Crippen molar-refractivity contribution in [1.82, 2.24) is 14.9 Å². The maximum Gasteiger partial charge on any atom is 0.410 e. The van der Waals surface area contributed by atoms with E-state index in [0.717, 1.165) is 0 Å². The van der Waals surface area contributed by atoms with Crippen LogP contribution in [0.15, 0.2) is 6.07 Å². The summed E-state index contributed by atoms with van der Waals surface area (Å²) in [4.78, 5) is 23.8. The van der Waals surface area contributed by atoms with Crippen LogP contribution in [0, 0.1) is 11.3 Å². The van der Waals surface area contributed by atoms with Crippen LogP contribution in [0.25, 0.3) is 0 Å². The monoisotopic (exact) mass is 323 g/mol. The van der Waals surface area contributed by atoms with Crippen LogP contribution >= 0.6 is 11.6 Å². The standard InChI is InChI=1S/C14H18ClN5O2/c1-14(2,3)22-13(21)20-6-4-19(5-7-20)12-17-10(9-16)8-11(15)18-12/h8H,4-7H2,1-3H3. The highest BCUT2D eigenvalue weighted by Crippen LogP contribution is 2.17. The molecule has 22 heavy (non-hydrogen) atoms. The number of ether oxygens (including phenoxy) is 1. The van der Waals surface area contributed by atoms with E-state index in [1.807, 2.05) is 31.7 Å². The molecule has 0 radical (unpaired) electrons. The molecular weight excluding hydrogens is 306 g/mol. The minimum atomic E-state index is -0.508. The largest absolute Gasteiger partial charge is 0.444 e. The van der Waals surface area contributed by atoms with Crippen LogP contribution in [0.2, 0.25) is 5.15 Å². The zero-order valence-corrected chi connectivity index (χ0v) is 13.6. The summed E-state index contributed by atoms with van der Waals surface area (Å²) in [7, 11) is 0. The van der Waals surface area contributed by atoms with Crippen molar-refractivity contribution in [1.29, 1.82) is 5.26 Å². The first-order valence-electron chi connectivity index (χ1n) is 6.96. The number of anilines is 1. The van der Waals surface area contributed by atoms with Crippen molar-refractivity contribution < 1.29 is 9.53 Å². The van der Waals surface area contributed by atoms with Gasteiger partial charge in [0.1, 0.15) is 22.5 Å². The number of nitriles is 1. The van der Waals surface area contributed by atoms with E-state index in [1.54, 1.807) is 4.90 Å². The lowest BCUT2D eigenvalue weighted by molar-refractivity contribution is 0.0240. The number of aromatic nitrogens is 2. The number of hydrogen-bond donors (Lipinski definition) is 0. The van der Waals surface area contributed by atoms with Gasteiger partial charge in [-0.2, -0.15) is 5.26 Å². The zero-order chi connectivity index (χ0) is 16.3. The fraction of sp³-hybridized carbons (Fsp3) is 0.571. The molecule has 1 amide bonds. The molecule has 7 nitrogen and oxygen atoms in total. The molecule has 2 heterocycles. The molecule has 2 rings (SSSR count). The molecule has 1 aromatic rings. The van der Waals surface area contributed by atoms with Gasteiger partial charge in [-0.15, -0.1) is 0 Å². The maximum atomic E-state index is 12.0. The van der Waals surface area contributed by atoms with Crippen LogP contribution in [-0.2, 0) is 4.74 Å². The van der Waals surface area contributed by atoms with E-state index >= 15 is 0 Å². The second-order valence-electron chi connectivity index (χ2n) is 5.94. The summed E-state index contributed by atoms with van der Waals surface area (Å²) in [6.07, 6.45) is -0.322. The Bertz CT molecular complexity index is 600. The number of carbonyl (C=O) groups is 1. The van der Waals surface area contributed by atoms with Gasteiger partial charge in [0, 0.05) is 32.2 Å². The number of halogens is 1. The molecule has 0 spiro atoms. The van der Waals surface area contributed by atoms with Crippen LogP contribution in [0.4, 0.5) is 10.7 Å². The Morgan fingerprint density at radius 1 is 1.32 bits per heavy atom. The van der Waals surface area contributed by atoms with Crippen molar-refractivity contribution in [2.75, 3.05) is 31.1 Å². The number of nitrogens with zero attached hydrogens (tertiary/aromatic N) is 5. The molecule has 1 aliphatic heterocycles. The summed E-state index contributed by atoms with van der Waals surface area (Å²) in [5.41, 5.74) is -0.282. The molecule has 0 aromatic carbocycles. The lowest BCUT2D eigenvalue weighted by Gasteiger charge is -2.35. The highest BCUT2D eigenvalue weighted by Gasteiger charge is 2.26. The molecule has 1 fully saturated rings. The molecule has 8 heteroatoms. The van der Waals surface area contributed by atoms with Gasteiger partial charge in [0.2, 0.25) is 5.95 Å². The van der Waals surface area contributed by atoms with E-state index < -0.39 is 5.60 Å². The quantitative estimate of drug-likeness (QED) is 0.736. The molecule has 1 aliphatic rings. The third kappa shape index (κ3) is 4.21. The minimum Gasteiger partial charge on any atom is -0.444 e. The Balaban J connectivity index is 1.99. The Kier molecular flexibility index (Phi) is 4.71. The first-order chi connectivity index (χ1) is 10.3. The molecule has 1 aromatic heterocycles. The highest BCUT2D eigenvalue weighted by molar-refractivity contribution is 6.29. The fourth-order valence-electron chi connectivity index (χ4n) is 2.02. The van der Waals surface area contributed by atoms with Crippen molar-refractivity contribution >= 4 is 23.6 Å². The van der Waals surface area contributed by atoms with Crippen molar-refractivity contribution in [2.24, 2.45) is 0 Å². The summed E-state index contributed by atoms with van der Waals surface area (Å²) in [5, 5.41) is 9.15. The second-order valence-corrected chi connectivity index (χ2v) is 6.33. The summed E-state index contributed by atoms with van der Waals surface area (Å²) in [6.45, 7) is 7.65. The summed E-state index contributed by atoms with van der Waals surface area (Å²) in [6, 6.07) is 3.37. The van der Waals surface area contributed by atoms with Gasteiger partial charge < -0.3 is 14.5 Å². The normalized spacial score (nSPS) is 15.4. The molecule has 0 saturated carbocycles. The van der Waals surface area contributed by atoms with Gasteiger partial charge >= 0.3 is 6.09 Å². The van der Waals surface area contributed by atoms with Crippen LogP contribution in [0.1, 0.15) is 26.5 Å². The number of rotatable bonds is 1. The molecule has 0 N–H and O–H groups in total. The molecule has 0 unspecified atom stereocenters. The van der Waals surface area contributed by atoms with E-state index in [9.17, 15) is 4.79 Å². The van der Waals surface area contributed by atoms with Gasteiger partial charge in [0.05, 0.1) is 0 Å². The van der Waals surface area contributed by atoms with Crippen LogP contribution in [0.5, 0.6) is 0 Å². The molecule has 0 bridgehead atoms. The average Bonchev–Trinajstić information content (AvgIpc) is 2.45. The lowest BCUT2D eigenvalue weighted by Crippen LogP contribution is -2.50. The van der Waals surface area contributed by atoms with Gasteiger partial charge in [0.25, 0.3) is 0 Å². The van der Waals surface area contributed by atoms with Gasteiger partial charge in [-0.3, -0.25) is 0 Å². The molecule has 118 valence electrons. The van der Waals surface area contributed by atoms with E-state index in [1.165, 1.54) is 6.07 Å². The molecule has 0 atom stereocenters. The number of carbonyl (C=O) groups excluding carboxylic acids is 1. The van der Waals surface area contributed by atoms with E-state index in [4.69, 9.17) is 21.6 Å². The third-order valence-electron chi connectivity index (χ3n) is 3.01. The number of amides is 1. The Labute approximate surface area is 134 Å². The predicted molar refractivity (Wildman–Crippen MR) is 81.8 cm³/mol. The van der Waals surface area contributed by atoms with Crippen molar-refractivity contribution in [3.05, 3.63) is 16.9 Å². The first kappa shape index (κ1) is 16.3. The summed E-state index contributed by atoms with van der Waals surface area (Å²) < 4.78 is 5.35. The highest BCUT2D eigenvalue weighted by atomic mass is 35.5. The van der Waals surface area contributed by atoms with Gasteiger partial charge in [-0.1, -0.05) is 11.6 Å². The number of piperazine rings is 1. The van der Waals surface area contributed by atoms with Crippen molar-refractivity contribution in [3.63, 3.8) is 0 Å². The minimum absolute atomic E-state index is 0.226. The van der Waals surface area contributed by atoms with Gasteiger partial charge in [-0.25, -0.2) is 14.8 Å². The Morgan fingerprint density at radius 3 is 2.50 bits per heavy atom. The zero-order valence-electron chi connectivity index (χ0n) is 12.8. The first-order valence-corrected chi connectivity index (χ1v) is 7.34. The van der Waals surface area contributed by atoms with Crippen molar-refractivity contribution in [3.8, 4) is 6.07 Å². The summed E-state index contributed by atoms with van der Waals surface area (Å²) >= 11 is 5.89. The molecule has 1 saturated heterocycles. The molecule has 0 aliphatic carbocycles. The smallest absolute Gasteiger partial charge is 0.410 e. The molecular formula is C14H18ClN5O2. The van der Waals surface area contributed by atoms with E-state index in [-0.39, 0.29) is 16.9 Å². The van der Waals surface area contributed by atoms with Gasteiger partial charge in [-0.05, 0) is 20.8 Å². The van der Waals surface area contributed by atoms with Crippen LogP contribution in [-0.4, -0.2) is 52.7 Å². The van der Waals surface area contributed by atoms with Crippen LogP contribution in [0.3, 0.4) is 0 Å². The maximum absolute atomic E-state index is 12.0. The van der Waals surface area contributed by atoms with Gasteiger partial charge in [0.15, 0.2) is 0 Å². The van der Waals surface area contributed by atoms with E-state index in [2.05, 4.69) is 9.97 Å². The third-order valence-corrected chi connectivity index (χ3v) is 3.21. The average molecular weight is 324 g/mol. The predicted octanol–water partition coefficient (Wildman–Crippen LogP) is 2.06. The fourth-order valence-corrected chi connectivity index (χ4v) is 2.20. The lowest BCUT2D eigenvalue weighted by atomic mass is 10.2. The van der Waals surface area contributed by atoms with E-state index in [0.29, 0.717) is 32.1 Å². The summed E-state index contributed by atoms with van der Waals surface area (Å²) in [5.74, 6) is 0.410. The number of hydrogen-bond acceptors (Lipinski definition) is 6. The Hall–Kier alpha value is -2.07. The van der Waals surface area contributed by atoms with Crippen LogP contribution < -0.4 is 4.90 Å². The second kappa shape index (κ2) is 6.36. The SMILES string of the molecule is CC(C)(C)OC(=O)N1CCN(c2nc(Cl)cc(C#N)n2)CC1. The van der Waals surface area contributed by atoms with Crippen molar-refractivity contribution in [2.45, 2.75) is 26.4 Å². The topological polar surface area (TPSA) is 82.4 Å². The Morgan fingerprint density at radius 2 is 1.95 bits per heavy atom.